The summed E-state index contributed by atoms with van der Waals surface area (Å²) in [4.78, 5) is 2.56. The Morgan fingerprint density at radius 2 is 2.18 bits per heavy atom. The molecule has 0 saturated heterocycles. The van der Waals surface area contributed by atoms with Crippen molar-refractivity contribution in [3.8, 4) is 11.9 Å². The Bertz CT molecular complexity index is 580. The Hall–Kier alpha value is -1.79. The topological polar surface area (TPSA) is 106 Å². The van der Waals surface area contributed by atoms with Gasteiger partial charge in [0.2, 0.25) is 15.9 Å². The Balaban J connectivity index is 3.72. The SMILES string of the molecule is COc1nc(C#N)cc(S(N)(=O)=O)c1C(F)F. The predicted molar refractivity (Wildman–Crippen MR) is 51.8 cm³/mol. The number of nitrogens with zero attached hydrogens (tertiary/aromatic N) is 2. The van der Waals surface area contributed by atoms with Crippen LogP contribution in [0.25, 0.3) is 0 Å². The van der Waals surface area contributed by atoms with E-state index in [0.717, 1.165) is 7.11 Å². The zero-order valence-electron chi connectivity index (χ0n) is 8.52. The van der Waals surface area contributed by atoms with Crippen LogP contribution in [-0.4, -0.2) is 20.5 Å². The van der Waals surface area contributed by atoms with Gasteiger partial charge in [-0.15, -0.1) is 0 Å². The Morgan fingerprint density at radius 1 is 1.59 bits per heavy atom. The fraction of sp³-hybridized carbons (Fsp3) is 0.250. The van der Waals surface area contributed by atoms with Gasteiger partial charge in [0.25, 0.3) is 6.43 Å². The van der Waals surface area contributed by atoms with Crippen LogP contribution >= 0.6 is 0 Å². The molecule has 0 aliphatic rings. The van der Waals surface area contributed by atoms with Gasteiger partial charge in [0, 0.05) is 0 Å². The first-order valence-electron chi connectivity index (χ1n) is 4.11. The van der Waals surface area contributed by atoms with E-state index in [-0.39, 0.29) is 5.69 Å². The quantitative estimate of drug-likeness (QED) is 0.856. The van der Waals surface area contributed by atoms with E-state index in [4.69, 9.17) is 10.4 Å². The number of sulfonamides is 1. The van der Waals surface area contributed by atoms with E-state index in [9.17, 15) is 17.2 Å². The number of methoxy groups -OCH3 is 1. The van der Waals surface area contributed by atoms with Crippen molar-refractivity contribution in [3.63, 3.8) is 0 Å². The summed E-state index contributed by atoms with van der Waals surface area (Å²) >= 11 is 0. The van der Waals surface area contributed by atoms with Crippen molar-refractivity contribution in [1.29, 1.82) is 5.26 Å². The molecule has 0 spiro atoms. The molecule has 0 unspecified atom stereocenters. The number of pyridine rings is 1. The second kappa shape index (κ2) is 4.60. The van der Waals surface area contributed by atoms with E-state index < -0.39 is 32.8 Å². The lowest BCUT2D eigenvalue weighted by Gasteiger charge is -2.11. The van der Waals surface area contributed by atoms with Gasteiger partial charge in [-0.1, -0.05) is 0 Å². The highest BCUT2D eigenvalue weighted by Gasteiger charge is 2.27. The van der Waals surface area contributed by atoms with Gasteiger partial charge in [-0.25, -0.2) is 27.3 Å². The van der Waals surface area contributed by atoms with E-state index in [2.05, 4.69) is 9.72 Å². The van der Waals surface area contributed by atoms with E-state index in [1.807, 2.05) is 0 Å². The minimum absolute atomic E-state index is 0.379. The number of ether oxygens (including phenoxy) is 1. The first-order chi connectivity index (χ1) is 7.81. The molecular formula is C8H7F2N3O3S. The number of hydrogen-bond donors (Lipinski definition) is 1. The van der Waals surface area contributed by atoms with E-state index in [1.165, 1.54) is 6.07 Å². The van der Waals surface area contributed by atoms with Gasteiger partial charge in [-0.3, -0.25) is 0 Å². The molecule has 0 amide bonds. The van der Waals surface area contributed by atoms with E-state index in [0.29, 0.717) is 6.07 Å². The van der Waals surface area contributed by atoms with Gasteiger partial charge >= 0.3 is 0 Å². The molecule has 1 heterocycles. The summed E-state index contributed by atoms with van der Waals surface area (Å²) in [7, 11) is -3.36. The molecule has 92 valence electrons. The Kier molecular flexibility index (Phi) is 3.59. The molecule has 0 fully saturated rings. The average Bonchev–Trinajstić information content (AvgIpc) is 2.25. The lowest BCUT2D eigenvalue weighted by Crippen LogP contribution is -2.16. The summed E-state index contributed by atoms with van der Waals surface area (Å²) in [5.41, 5.74) is -1.33. The fourth-order valence-corrected chi connectivity index (χ4v) is 1.92. The van der Waals surface area contributed by atoms with Crippen molar-refractivity contribution >= 4 is 10.0 Å². The maximum Gasteiger partial charge on any atom is 0.270 e. The predicted octanol–water partition coefficient (Wildman–Crippen LogP) is 0.547. The molecule has 1 aromatic heterocycles. The molecule has 6 nitrogen and oxygen atoms in total. The molecule has 0 saturated carbocycles. The number of alkyl halides is 2. The van der Waals surface area contributed by atoms with Gasteiger partial charge in [0.1, 0.15) is 11.8 Å². The van der Waals surface area contributed by atoms with Crippen LogP contribution < -0.4 is 9.88 Å². The van der Waals surface area contributed by atoms with Gasteiger partial charge in [0.05, 0.1) is 17.6 Å². The van der Waals surface area contributed by atoms with Crippen molar-refractivity contribution in [1.82, 2.24) is 4.98 Å². The maximum absolute atomic E-state index is 12.7. The van der Waals surface area contributed by atoms with Crippen LogP contribution in [0.2, 0.25) is 0 Å². The van der Waals surface area contributed by atoms with Crippen LogP contribution in [0.3, 0.4) is 0 Å². The van der Waals surface area contributed by atoms with E-state index >= 15 is 0 Å². The summed E-state index contributed by atoms with van der Waals surface area (Å²) < 4.78 is 52.3. The van der Waals surface area contributed by atoms with Crippen molar-refractivity contribution < 1.29 is 21.9 Å². The van der Waals surface area contributed by atoms with Crippen molar-refractivity contribution in [2.45, 2.75) is 11.3 Å². The summed E-state index contributed by atoms with van der Waals surface area (Å²) in [6, 6.07) is 2.20. The largest absolute Gasteiger partial charge is 0.481 e. The van der Waals surface area contributed by atoms with Crippen molar-refractivity contribution in [3.05, 3.63) is 17.3 Å². The third-order valence-corrected chi connectivity index (χ3v) is 2.77. The van der Waals surface area contributed by atoms with Crippen LogP contribution in [0.1, 0.15) is 17.7 Å². The maximum atomic E-state index is 12.7. The molecule has 17 heavy (non-hydrogen) atoms. The number of primary sulfonamides is 1. The van der Waals surface area contributed by atoms with Crippen LogP contribution in [-0.2, 0) is 10.0 Å². The Morgan fingerprint density at radius 3 is 2.53 bits per heavy atom. The monoisotopic (exact) mass is 263 g/mol. The summed E-state index contributed by atoms with van der Waals surface area (Å²) in [6.07, 6.45) is -3.14. The minimum Gasteiger partial charge on any atom is -0.481 e. The standard InChI is InChI=1S/C8H7F2N3O3S/c1-16-8-6(7(9)10)5(17(12,14)15)2-4(3-11)13-8/h2,7H,1H3,(H2,12,14,15). The third-order valence-electron chi connectivity index (χ3n) is 1.82. The Labute approximate surface area is 95.7 Å². The van der Waals surface area contributed by atoms with Crippen LogP contribution in [0.5, 0.6) is 5.88 Å². The summed E-state index contributed by atoms with van der Waals surface area (Å²) in [6.45, 7) is 0. The number of hydrogen-bond acceptors (Lipinski definition) is 5. The summed E-state index contributed by atoms with van der Waals surface area (Å²) in [5.74, 6) is -0.636. The van der Waals surface area contributed by atoms with Crippen LogP contribution in [0.15, 0.2) is 11.0 Å². The van der Waals surface area contributed by atoms with Gasteiger partial charge in [-0.05, 0) is 6.07 Å². The number of halogens is 2. The molecular weight excluding hydrogens is 256 g/mol. The minimum atomic E-state index is -4.39. The molecule has 0 aliphatic carbocycles. The normalized spacial score (nSPS) is 11.3. The number of nitriles is 1. The first-order valence-corrected chi connectivity index (χ1v) is 5.66. The second-order valence-electron chi connectivity index (χ2n) is 2.89. The third kappa shape index (κ3) is 2.66. The molecule has 1 rings (SSSR count). The molecule has 0 aliphatic heterocycles. The fourth-order valence-electron chi connectivity index (χ4n) is 1.16. The first kappa shape index (κ1) is 13.3. The van der Waals surface area contributed by atoms with Crippen LogP contribution in [0.4, 0.5) is 8.78 Å². The number of rotatable bonds is 3. The van der Waals surface area contributed by atoms with Gasteiger partial charge in [0.15, 0.2) is 0 Å². The van der Waals surface area contributed by atoms with Crippen molar-refractivity contribution in [2.75, 3.05) is 7.11 Å². The highest BCUT2D eigenvalue weighted by molar-refractivity contribution is 7.89. The van der Waals surface area contributed by atoms with Gasteiger partial charge in [-0.2, -0.15) is 5.26 Å². The molecule has 0 bridgehead atoms. The molecule has 9 heteroatoms. The lowest BCUT2D eigenvalue weighted by atomic mass is 10.2. The van der Waals surface area contributed by atoms with Crippen molar-refractivity contribution in [2.24, 2.45) is 5.14 Å². The molecule has 2 N–H and O–H groups in total. The highest BCUT2D eigenvalue weighted by Crippen LogP contribution is 2.33. The van der Waals surface area contributed by atoms with Gasteiger partial charge < -0.3 is 4.74 Å². The second-order valence-corrected chi connectivity index (χ2v) is 4.42. The highest BCUT2D eigenvalue weighted by atomic mass is 32.2. The van der Waals surface area contributed by atoms with Crippen LogP contribution in [0, 0.1) is 11.3 Å². The molecule has 0 atom stereocenters. The molecule has 0 radical (unpaired) electrons. The average molecular weight is 263 g/mol. The lowest BCUT2D eigenvalue weighted by molar-refractivity contribution is 0.142. The summed E-state index contributed by atoms with van der Waals surface area (Å²) in [5, 5.41) is 13.4. The molecule has 0 aromatic carbocycles. The smallest absolute Gasteiger partial charge is 0.270 e. The zero-order valence-corrected chi connectivity index (χ0v) is 9.33. The number of nitrogens with two attached hydrogens (primary N) is 1. The number of aromatic nitrogens is 1. The molecule has 1 aromatic rings. The zero-order chi connectivity index (χ0) is 13.2. The van der Waals surface area contributed by atoms with E-state index in [1.54, 1.807) is 0 Å².